The minimum Gasteiger partial charge on any atom is -0.289 e. The molecule has 0 aromatic heterocycles. The second-order valence-electron chi connectivity index (χ2n) is 3.56. The van der Waals surface area contributed by atoms with Crippen molar-refractivity contribution in [2.45, 2.75) is 6.18 Å². The van der Waals surface area contributed by atoms with Gasteiger partial charge in [-0.05, 0) is 17.7 Å². The van der Waals surface area contributed by atoms with Crippen LogP contribution in [0.3, 0.4) is 0 Å². The molecule has 7 heteroatoms. The summed E-state index contributed by atoms with van der Waals surface area (Å²) in [7, 11) is 0. The number of carbonyl (C=O) groups is 2. The summed E-state index contributed by atoms with van der Waals surface area (Å²) in [5.41, 5.74) is -1.55. The molecule has 94 valence electrons. The topological polar surface area (TPSA) is 46.2 Å². The van der Waals surface area contributed by atoms with Crippen LogP contribution < -0.4 is 5.32 Å². The minimum atomic E-state index is -4.61. The number of nitrogens with one attached hydrogen (secondary N) is 1. The zero-order chi connectivity index (χ0) is 13.5. The molecule has 0 unspecified atom stereocenters. The van der Waals surface area contributed by atoms with E-state index >= 15 is 0 Å². The van der Waals surface area contributed by atoms with Gasteiger partial charge in [0.1, 0.15) is 0 Å². The van der Waals surface area contributed by atoms with Crippen LogP contribution in [0.15, 0.2) is 28.7 Å². The summed E-state index contributed by atoms with van der Waals surface area (Å²) in [4.78, 5) is 22.3. The first-order valence-corrected chi connectivity index (χ1v) is 5.52. The lowest BCUT2D eigenvalue weighted by atomic mass is 9.99. The highest BCUT2D eigenvalue weighted by Crippen LogP contribution is 2.37. The molecule has 0 spiro atoms. The largest absolute Gasteiger partial charge is 0.417 e. The molecule has 0 atom stereocenters. The van der Waals surface area contributed by atoms with Crippen molar-refractivity contribution in [3.8, 4) is 0 Å². The van der Waals surface area contributed by atoms with Gasteiger partial charge in [-0.15, -0.1) is 0 Å². The van der Waals surface area contributed by atoms with Gasteiger partial charge in [-0.2, -0.15) is 13.2 Å². The smallest absolute Gasteiger partial charge is 0.289 e. The summed E-state index contributed by atoms with van der Waals surface area (Å²) in [6.45, 7) is 0. The number of hydrogen-bond acceptors (Lipinski definition) is 2. The molecule has 1 aliphatic rings. The Balaban J connectivity index is 2.62. The molecular weight excluding hydrogens is 315 g/mol. The highest BCUT2D eigenvalue weighted by molar-refractivity contribution is 9.10. The van der Waals surface area contributed by atoms with E-state index in [1.807, 2.05) is 5.32 Å². The Bertz CT molecular complexity index is 578. The number of hydrogen-bond donors (Lipinski definition) is 1. The zero-order valence-corrected chi connectivity index (χ0v) is 10.2. The molecule has 3 nitrogen and oxygen atoms in total. The highest BCUT2D eigenvalue weighted by atomic mass is 79.9. The lowest BCUT2D eigenvalue weighted by Gasteiger charge is -2.13. The van der Waals surface area contributed by atoms with Crippen molar-refractivity contribution >= 4 is 33.3 Å². The van der Waals surface area contributed by atoms with E-state index in [-0.39, 0.29) is 15.6 Å². The lowest BCUT2D eigenvalue weighted by Crippen LogP contribution is -2.22. The fourth-order valence-corrected chi connectivity index (χ4v) is 1.96. The van der Waals surface area contributed by atoms with Crippen LogP contribution in [0.25, 0.3) is 5.57 Å². The third kappa shape index (κ3) is 2.31. The summed E-state index contributed by atoms with van der Waals surface area (Å²) in [6, 6.07) is 3.39. The van der Waals surface area contributed by atoms with Gasteiger partial charge in [-0.1, -0.05) is 22.0 Å². The predicted molar refractivity (Wildman–Crippen MR) is 60.3 cm³/mol. The molecule has 0 saturated heterocycles. The van der Waals surface area contributed by atoms with Crippen molar-refractivity contribution in [1.82, 2.24) is 5.32 Å². The number of carbonyl (C=O) groups excluding carboxylic acids is 2. The van der Waals surface area contributed by atoms with Crippen LogP contribution in [0.2, 0.25) is 0 Å². The molecule has 1 aromatic rings. The first kappa shape index (κ1) is 12.8. The lowest BCUT2D eigenvalue weighted by molar-refractivity contribution is -0.137. The molecule has 1 N–H and O–H groups in total. The van der Waals surface area contributed by atoms with Crippen molar-refractivity contribution in [2.75, 3.05) is 0 Å². The van der Waals surface area contributed by atoms with Gasteiger partial charge in [0.25, 0.3) is 11.8 Å². The van der Waals surface area contributed by atoms with Crippen LogP contribution in [0.4, 0.5) is 13.2 Å². The van der Waals surface area contributed by atoms with E-state index in [1.54, 1.807) is 0 Å². The molecule has 1 aliphatic heterocycles. The quantitative estimate of drug-likeness (QED) is 0.808. The summed E-state index contributed by atoms with van der Waals surface area (Å²) in [6.07, 6.45) is -3.74. The van der Waals surface area contributed by atoms with Crippen LogP contribution in [0, 0.1) is 0 Å². The molecule has 2 rings (SSSR count). The first-order chi connectivity index (χ1) is 8.29. The van der Waals surface area contributed by atoms with E-state index in [0.717, 1.165) is 18.2 Å². The minimum absolute atomic E-state index is 0.240. The van der Waals surface area contributed by atoms with Gasteiger partial charge in [-0.25, -0.2) is 0 Å². The molecule has 18 heavy (non-hydrogen) atoms. The van der Waals surface area contributed by atoms with Gasteiger partial charge in [-0.3, -0.25) is 14.9 Å². The zero-order valence-electron chi connectivity index (χ0n) is 8.64. The fraction of sp³-hybridized carbons (Fsp3) is 0.0909. The Kier molecular flexibility index (Phi) is 3.02. The third-order valence-corrected chi connectivity index (χ3v) is 2.83. The average molecular weight is 320 g/mol. The molecular formula is C11H5BrF3NO2. The summed E-state index contributed by atoms with van der Waals surface area (Å²) >= 11 is 2.94. The van der Waals surface area contributed by atoms with Crippen LogP contribution in [0.5, 0.6) is 0 Å². The van der Waals surface area contributed by atoms with Gasteiger partial charge >= 0.3 is 6.18 Å². The summed E-state index contributed by atoms with van der Waals surface area (Å²) in [5, 5.41) is 1.91. The molecule has 0 radical (unpaired) electrons. The molecule has 0 bridgehead atoms. The van der Waals surface area contributed by atoms with E-state index in [1.165, 1.54) is 6.07 Å². The maximum Gasteiger partial charge on any atom is 0.417 e. The molecule has 2 amide bonds. The van der Waals surface area contributed by atoms with Crippen LogP contribution in [-0.4, -0.2) is 11.8 Å². The maximum absolute atomic E-state index is 12.8. The van der Waals surface area contributed by atoms with Gasteiger partial charge in [0.05, 0.1) is 11.1 Å². The molecule has 1 aromatic carbocycles. The number of benzene rings is 1. The van der Waals surface area contributed by atoms with Crippen molar-refractivity contribution in [2.24, 2.45) is 0 Å². The van der Waals surface area contributed by atoms with Gasteiger partial charge in [0.15, 0.2) is 0 Å². The monoisotopic (exact) mass is 319 g/mol. The predicted octanol–water partition coefficient (Wildman–Crippen LogP) is 2.51. The second kappa shape index (κ2) is 4.24. The van der Waals surface area contributed by atoms with Gasteiger partial charge in [0, 0.05) is 10.5 Å². The Morgan fingerprint density at radius 3 is 2.33 bits per heavy atom. The van der Waals surface area contributed by atoms with E-state index in [9.17, 15) is 22.8 Å². The second-order valence-corrected chi connectivity index (χ2v) is 4.48. The van der Waals surface area contributed by atoms with Crippen molar-refractivity contribution in [3.63, 3.8) is 0 Å². The van der Waals surface area contributed by atoms with Crippen LogP contribution in [0.1, 0.15) is 11.1 Å². The highest BCUT2D eigenvalue weighted by Gasteiger charge is 2.36. The van der Waals surface area contributed by atoms with E-state index < -0.39 is 23.6 Å². The van der Waals surface area contributed by atoms with Crippen molar-refractivity contribution < 1.29 is 22.8 Å². The fourth-order valence-electron chi connectivity index (χ4n) is 1.60. The number of amides is 2. The van der Waals surface area contributed by atoms with Gasteiger partial charge < -0.3 is 0 Å². The Hall–Kier alpha value is -1.63. The average Bonchev–Trinajstić information content (AvgIpc) is 2.56. The normalized spacial score (nSPS) is 15.7. The SMILES string of the molecule is O=C1C=C(c2ccc(Br)cc2C(F)(F)F)C(=O)N1. The number of rotatable bonds is 1. The number of imide groups is 1. The molecule has 1 heterocycles. The molecule has 0 fully saturated rings. The summed E-state index contributed by atoms with van der Waals surface area (Å²) in [5.74, 6) is -1.54. The molecule has 0 saturated carbocycles. The first-order valence-electron chi connectivity index (χ1n) is 4.73. The Labute approximate surface area is 108 Å². The van der Waals surface area contributed by atoms with Crippen molar-refractivity contribution in [3.05, 3.63) is 39.9 Å². The maximum atomic E-state index is 12.8. The summed E-state index contributed by atoms with van der Waals surface area (Å²) < 4.78 is 38.8. The number of alkyl halides is 3. The third-order valence-electron chi connectivity index (χ3n) is 2.33. The van der Waals surface area contributed by atoms with E-state index in [2.05, 4.69) is 15.9 Å². The van der Waals surface area contributed by atoms with Gasteiger partial charge in [0.2, 0.25) is 0 Å². The van der Waals surface area contributed by atoms with E-state index in [4.69, 9.17) is 0 Å². The molecule has 0 aliphatic carbocycles. The Morgan fingerprint density at radius 2 is 1.83 bits per heavy atom. The van der Waals surface area contributed by atoms with Crippen molar-refractivity contribution in [1.29, 1.82) is 0 Å². The number of halogens is 4. The van der Waals surface area contributed by atoms with Crippen LogP contribution in [-0.2, 0) is 15.8 Å². The van der Waals surface area contributed by atoms with Crippen LogP contribution >= 0.6 is 15.9 Å². The van der Waals surface area contributed by atoms with E-state index in [0.29, 0.717) is 0 Å². The Morgan fingerprint density at radius 1 is 1.17 bits per heavy atom. The standard InChI is InChI=1S/C11H5BrF3NO2/c12-5-1-2-6(8(3-5)11(13,14)15)7-4-9(17)16-10(7)18/h1-4H,(H,16,17,18).